The van der Waals surface area contributed by atoms with Crippen molar-refractivity contribution in [3.05, 3.63) is 55.1 Å². The van der Waals surface area contributed by atoms with Crippen molar-refractivity contribution >= 4 is 17.5 Å². The van der Waals surface area contributed by atoms with Gasteiger partial charge >= 0.3 is 0 Å². The van der Waals surface area contributed by atoms with Crippen LogP contribution in [0.15, 0.2) is 49.6 Å². The summed E-state index contributed by atoms with van der Waals surface area (Å²) in [6.07, 6.45) is 1.57. The predicted molar refractivity (Wildman–Crippen MR) is 70.3 cm³/mol. The van der Waals surface area contributed by atoms with Crippen LogP contribution in [0.5, 0.6) is 0 Å². The van der Waals surface area contributed by atoms with Crippen LogP contribution in [0.4, 0.5) is 5.69 Å². The summed E-state index contributed by atoms with van der Waals surface area (Å²) in [6.45, 7) is 6.71. The first kappa shape index (κ1) is 13.5. The number of carbonyl (C=O) groups excluding carboxylic acids is 2. The van der Waals surface area contributed by atoms with Crippen LogP contribution < -0.4 is 16.4 Å². The van der Waals surface area contributed by atoms with Gasteiger partial charge in [-0.2, -0.15) is 0 Å². The zero-order valence-electron chi connectivity index (χ0n) is 9.85. The van der Waals surface area contributed by atoms with Gasteiger partial charge in [0, 0.05) is 5.69 Å². The number of hydrogen-bond acceptors (Lipinski definition) is 3. The van der Waals surface area contributed by atoms with E-state index in [9.17, 15) is 9.59 Å². The molecule has 0 spiro atoms. The monoisotopic (exact) mass is 245 g/mol. The number of amides is 2. The Morgan fingerprint density at radius 1 is 1.17 bits per heavy atom. The second-order valence-electron chi connectivity index (χ2n) is 3.53. The minimum atomic E-state index is -0.676. The molecule has 0 saturated heterocycles. The van der Waals surface area contributed by atoms with Gasteiger partial charge in [0.05, 0.1) is 0 Å². The van der Waals surface area contributed by atoms with E-state index >= 15 is 0 Å². The maximum Gasteiger partial charge on any atom is 0.245 e. The Bertz CT molecular complexity index is 461. The second-order valence-corrected chi connectivity index (χ2v) is 3.53. The van der Waals surface area contributed by atoms with Gasteiger partial charge in [-0.3, -0.25) is 9.59 Å². The number of rotatable bonds is 5. The molecule has 0 atom stereocenters. The molecule has 4 N–H and O–H groups in total. The molecule has 18 heavy (non-hydrogen) atoms. The number of anilines is 1. The van der Waals surface area contributed by atoms with Gasteiger partial charge in [-0.05, 0) is 29.8 Å². The minimum Gasteiger partial charge on any atom is -0.399 e. The Balaban J connectivity index is 2.95. The lowest BCUT2D eigenvalue weighted by Crippen LogP contribution is -2.39. The van der Waals surface area contributed by atoms with Gasteiger partial charge in [-0.1, -0.05) is 25.3 Å². The molecule has 0 heterocycles. The number of hydrogen-bond donors (Lipinski definition) is 3. The first-order valence-corrected chi connectivity index (χ1v) is 5.28. The lowest BCUT2D eigenvalue weighted by Gasteiger charge is -2.19. The Labute approximate surface area is 105 Å². The zero-order valence-corrected chi connectivity index (χ0v) is 9.85. The van der Waals surface area contributed by atoms with Crippen molar-refractivity contribution in [1.29, 1.82) is 0 Å². The van der Waals surface area contributed by atoms with E-state index in [4.69, 9.17) is 5.73 Å². The van der Waals surface area contributed by atoms with Crippen molar-refractivity contribution in [2.45, 2.75) is 6.17 Å². The fourth-order valence-corrected chi connectivity index (χ4v) is 1.34. The van der Waals surface area contributed by atoms with Crippen LogP contribution in [0.1, 0.15) is 11.7 Å². The Morgan fingerprint density at radius 2 is 1.72 bits per heavy atom. The first-order valence-electron chi connectivity index (χ1n) is 5.28. The number of benzene rings is 1. The van der Waals surface area contributed by atoms with E-state index in [0.29, 0.717) is 11.3 Å². The molecule has 0 aromatic heterocycles. The molecule has 0 saturated carbocycles. The van der Waals surface area contributed by atoms with E-state index in [-0.39, 0.29) is 0 Å². The quantitative estimate of drug-likeness (QED) is 0.409. The minimum absolute atomic E-state index is 0.396. The third-order valence-corrected chi connectivity index (χ3v) is 2.19. The molecule has 1 rings (SSSR count). The van der Waals surface area contributed by atoms with Gasteiger partial charge in [0.25, 0.3) is 0 Å². The summed E-state index contributed by atoms with van der Waals surface area (Å²) in [5.74, 6) is -0.793. The smallest absolute Gasteiger partial charge is 0.245 e. The third kappa shape index (κ3) is 3.79. The molecule has 5 heteroatoms. The standard InChI is InChI=1S/C13H15N3O2/c1-3-11(17)15-13(16-12(18)4-2)9-6-5-7-10(14)8-9/h3-8,13H,1-2,14H2,(H,15,17)(H,16,18). The second kappa shape index (κ2) is 6.24. The van der Waals surface area contributed by atoms with Crippen LogP contribution in [0.3, 0.4) is 0 Å². The van der Waals surface area contributed by atoms with E-state index < -0.39 is 18.0 Å². The van der Waals surface area contributed by atoms with Gasteiger partial charge in [0.1, 0.15) is 6.17 Å². The summed E-state index contributed by atoms with van der Waals surface area (Å²) in [5.41, 5.74) is 6.86. The average molecular weight is 245 g/mol. The van der Waals surface area contributed by atoms with E-state index in [2.05, 4.69) is 23.8 Å². The Kier molecular flexibility index (Phi) is 4.68. The van der Waals surface area contributed by atoms with Gasteiger partial charge in [0.2, 0.25) is 11.8 Å². The molecule has 0 bridgehead atoms. The summed E-state index contributed by atoms with van der Waals surface area (Å²) < 4.78 is 0. The van der Waals surface area contributed by atoms with Crippen molar-refractivity contribution in [3.8, 4) is 0 Å². The van der Waals surface area contributed by atoms with Crippen LogP contribution in [-0.4, -0.2) is 11.8 Å². The number of carbonyl (C=O) groups is 2. The zero-order chi connectivity index (χ0) is 13.5. The normalized spacial score (nSPS) is 9.61. The van der Waals surface area contributed by atoms with E-state index in [1.54, 1.807) is 24.3 Å². The summed E-state index contributed by atoms with van der Waals surface area (Å²) in [7, 11) is 0. The van der Waals surface area contributed by atoms with Gasteiger partial charge < -0.3 is 16.4 Å². The highest BCUT2D eigenvalue weighted by molar-refractivity contribution is 5.89. The molecule has 0 aliphatic rings. The lowest BCUT2D eigenvalue weighted by molar-refractivity contribution is -0.119. The Morgan fingerprint density at radius 3 is 2.17 bits per heavy atom. The number of nitrogen functional groups attached to an aromatic ring is 1. The largest absolute Gasteiger partial charge is 0.399 e. The number of nitrogens with one attached hydrogen (secondary N) is 2. The van der Waals surface area contributed by atoms with Crippen LogP contribution in [0.2, 0.25) is 0 Å². The molecule has 0 fully saturated rings. The predicted octanol–water partition coefficient (Wildman–Crippen LogP) is 0.872. The molecule has 94 valence electrons. The van der Waals surface area contributed by atoms with Crippen molar-refractivity contribution < 1.29 is 9.59 Å². The molecule has 1 aromatic rings. The molecular formula is C13H15N3O2. The van der Waals surface area contributed by atoms with E-state index in [1.807, 2.05) is 0 Å². The molecule has 0 aliphatic carbocycles. The fraction of sp³-hybridized carbons (Fsp3) is 0.0769. The molecule has 0 aliphatic heterocycles. The first-order chi connectivity index (χ1) is 8.56. The highest BCUT2D eigenvalue weighted by Gasteiger charge is 2.14. The van der Waals surface area contributed by atoms with Gasteiger partial charge in [0.15, 0.2) is 0 Å². The topological polar surface area (TPSA) is 84.2 Å². The third-order valence-electron chi connectivity index (χ3n) is 2.19. The van der Waals surface area contributed by atoms with Crippen molar-refractivity contribution in [2.75, 3.05) is 5.73 Å². The molecule has 2 amide bonds. The maximum atomic E-state index is 11.3. The molecular weight excluding hydrogens is 230 g/mol. The summed E-state index contributed by atoms with van der Waals surface area (Å²) >= 11 is 0. The average Bonchev–Trinajstić information content (AvgIpc) is 2.37. The summed E-state index contributed by atoms with van der Waals surface area (Å²) in [5, 5.41) is 5.17. The Hall–Kier alpha value is -2.56. The van der Waals surface area contributed by atoms with Crippen molar-refractivity contribution in [1.82, 2.24) is 10.6 Å². The SMILES string of the molecule is C=CC(=O)NC(NC(=O)C=C)c1cccc(N)c1. The van der Waals surface area contributed by atoms with Crippen LogP contribution in [-0.2, 0) is 9.59 Å². The molecule has 1 aromatic carbocycles. The van der Waals surface area contributed by atoms with Gasteiger partial charge in [-0.25, -0.2) is 0 Å². The van der Waals surface area contributed by atoms with Gasteiger partial charge in [-0.15, -0.1) is 0 Å². The van der Waals surface area contributed by atoms with Crippen LogP contribution in [0.25, 0.3) is 0 Å². The molecule has 5 nitrogen and oxygen atoms in total. The van der Waals surface area contributed by atoms with E-state index in [1.165, 1.54) is 0 Å². The van der Waals surface area contributed by atoms with E-state index in [0.717, 1.165) is 12.2 Å². The highest BCUT2D eigenvalue weighted by atomic mass is 16.2. The van der Waals surface area contributed by atoms with Crippen LogP contribution in [0, 0.1) is 0 Å². The van der Waals surface area contributed by atoms with Crippen molar-refractivity contribution in [3.63, 3.8) is 0 Å². The number of nitrogens with two attached hydrogens (primary N) is 1. The lowest BCUT2D eigenvalue weighted by atomic mass is 10.1. The van der Waals surface area contributed by atoms with Crippen LogP contribution >= 0.6 is 0 Å². The maximum absolute atomic E-state index is 11.3. The molecule has 0 unspecified atom stereocenters. The highest BCUT2D eigenvalue weighted by Crippen LogP contribution is 2.13. The molecule has 0 radical (unpaired) electrons. The fourth-order valence-electron chi connectivity index (χ4n) is 1.34. The van der Waals surface area contributed by atoms with Crippen molar-refractivity contribution in [2.24, 2.45) is 0 Å². The summed E-state index contributed by atoms with van der Waals surface area (Å²) in [6, 6.07) is 6.86. The summed E-state index contributed by atoms with van der Waals surface area (Å²) in [4.78, 5) is 22.6.